The van der Waals surface area contributed by atoms with Gasteiger partial charge in [0.05, 0.1) is 32.3 Å². The highest BCUT2D eigenvalue weighted by Gasteiger charge is 2.38. The van der Waals surface area contributed by atoms with Gasteiger partial charge in [-0.3, -0.25) is 9.59 Å². The Hall–Kier alpha value is -2.44. The predicted octanol–water partition coefficient (Wildman–Crippen LogP) is 2.34. The lowest BCUT2D eigenvalue weighted by Crippen LogP contribution is -2.24. The molecule has 22 heavy (non-hydrogen) atoms. The average Bonchev–Trinajstić information content (AvgIpc) is 2.44. The Morgan fingerprint density at radius 3 is 1.36 bits per heavy atom. The molecule has 3 rings (SSSR count). The van der Waals surface area contributed by atoms with Crippen molar-refractivity contribution >= 4 is 46.1 Å². The molecular formula is C14H8Cl2N2O4. The Kier molecular flexibility index (Phi) is 2.98. The van der Waals surface area contributed by atoms with Crippen LogP contribution in [0.4, 0.5) is 11.4 Å². The molecule has 6 N–H and O–H groups in total. The molecule has 0 heterocycles. The van der Waals surface area contributed by atoms with E-state index in [0.717, 1.165) is 12.1 Å². The highest BCUT2D eigenvalue weighted by Crippen LogP contribution is 2.45. The summed E-state index contributed by atoms with van der Waals surface area (Å²) in [5.41, 5.74) is 10.1. The van der Waals surface area contributed by atoms with Gasteiger partial charge < -0.3 is 21.7 Å². The molecule has 0 atom stereocenters. The number of phenols is 2. The normalized spacial score (nSPS) is 13.0. The van der Waals surface area contributed by atoms with Gasteiger partial charge >= 0.3 is 0 Å². The highest BCUT2D eigenvalue weighted by molar-refractivity contribution is 6.39. The number of carbonyl (C=O) groups excluding carboxylic acids is 2. The number of rotatable bonds is 0. The lowest BCUT2D eigenvalue weighted by atomic mass is 9.81. The number of anilines is 2. The SMILES string of the molecule is Nc1cc(Cl)c(O)c2c1C(=O)c1c(O)c(Cl)cc(N)c1C2=O. The number of hydrogen-bond acceptors (Lipinski definition) is 6. The van der Waals surface area contributed by atoms with Crippen molar-refractivity contribution in [2.45, 2.75) is 0 Å². The number of halogens is 2. The second-order valence-electron chi connectivity index (χ2n) is 4.75. The molecule has 0 unspecified atom stereocenters. The van der Waals surface area contributed by atoms with Crippen LogP contribution in [0.2, 0.25) is 10.0 Å². The lowest BCUT2D eigenvalue weighted by molar-refractivity contribution is 0.0975. The van der Waals surface area contributed by atoms with Crippen molar-refractivity contribution in [1.82, 2.24) is 0 Å². The summed E-state index contributed by atoms with van der Waals surface area (Å²) < 4.78 is 0. The number of phenolic OH excluding ortho intramolecular Hbond substituents is 2. The molecule has 2 aromatic carbocycles. The van der Waals surface area contributed by atoms with E-state index >= 15 is 0 Å². The van der Waals surface area contributed by atoms with Gasteiger partial charge in [-0.15, -0.1) is 0 Å². The monoisotopic (exact) mass is 338 g/mol. The third kappa shape index (κ3) is 1.68. The van der Waals surface area contributed by atoms with Crippen LogP contribution in [0.15, 0.2) is 12.1 Å². The Morgan fingerprint density at radius 2 is 1.05 bits per heavy atom. The first-order valence-electron chi connectivity index (χ1n) is 5.97. The third-order valence-electron chi connectivity index (χ3n) is 3.48. The summed E-state index contributed by atoms with van der Waals surface area (Å²) in [6.07, 6.45) is 0. The van der Waals surface area contributed by atoms with Crippen molar-refractivity contribution in [3.63, 3.8) is 0 Å². The Bertz CT molecular complexity index is 820. The first-order chi connectivity index (χ1) is 10.3. The van der Waals surface area contributed by atoms with E-state index in [1.165, 1.54) is 0 Å². The molecule has 112 valence electrons. The highest BCUT2D eigenvalue weighted by atomic mass is 35.5. The van der Waals surface area contributed by atoms with E-state index < -0.39 is 23.1 Å². The standard InChI is InChI=1S/C14H8Cl2N2O4/c15-3-1-5(17)7-9(11(3)19)14(22)8-6(18)2-4(16)12(20)10(8)13(7)21/h1-2,19-20H,17-18H2. The molecule has 0 bridgehead atoms. The molecule has 0 saturated carbocycles. The van der Waals surface area contributed by atoms with Crippen LogP contribution in [0.5, 0.6) is 11.5 Å². The largest absolute Gasteiger partial charge is 0.506 e. The molecule has 1 aliphatic rings. The number of hydrogen-bond donors (Lipinski definition) is 4. The van der Waals surface area contributed by atoms with Crippen LogP contribution in [0.1, 0.15) is 31.8 Å². The predicted molar refractivity (Wildman–Crippen MR) is 81.9 cm³/mol. The van der Waals surface area contributed by atoms with Gasteiger partial charge in [-0.2, -0.15) is 0 Å². The van der Waals surface area contributed by atoms with Crippen LogP contribution in [-0.4, -0.2) is 21.8 Å². The van der Waals surface area contributed by atoms with Crippen molar-refractivity contribution in [1.29, 1.82) is 0 Å². The maximum atomic E-state index is 12.6. The fourth-order valence-corrected chi connectivity index (χ4v) is 2.92. The van der Waals surface area contributed by atoms with Crippen LogP contribution in [-0.2, 0) is 0 Å². The van der Waals surface area contributed by atoms with Crippen molar-refractivity contribution < 1.29 is 19.8 Å². The summed E-state index contributed by atoms with van der Waals surface area (Å²) in [6, 6.07) is 2.30. The molecule has 1 aliphatic carbocycles. The second kappa shape index (κ2) is 4.53. The first-order valence-corrected chi connectivity index (χ1v) is 6.72. The zero-order chi connectivity index (χ0) is 16.3. The minimum Gasteiger partial charge on any atom is -0.506 e. The Balaban J connectivity index is 2.49. The second-order valence-corrected chi connectivity index (χ2v) is 5.57. The maximum absolute atomic E-state index is 12.6. The molecule has 8 heteroatoms. The summed E-state index contributed by atoms with van der Waals surface area (Å²) in [5, 5.41) is 19.7. The van der Waals surface area contributed by atoms with Crippen molar-refractivity contribution in [2.75, 3.05) is 11.5 Å². The number of fused-ring (bicyclic) bond motifs is 2. The van der Waals surface area contributed by atoms with E-state index in [-0.39, 0.29) is 43.7 Å². The van der Waals surface area contributed by atoms with Gasteiger partial charge in [0.15, 0.2) is 0 Å². The number of nitrogen functional groups attached to an aromatic ring is 2. The number of benzene rings is 2. The number of nitrogens with two attached hydrogens (primary N) is 2. The Morgan fingerprint density at radius 1 is 0.727 bits per heavy atom. The topological polar surface area (TPSA) is 127 Å². The van der Waals surface area contributed by atoms with Crippen molar-refractivity contribution in [3.05, 3.63) is 44.4 Å². The minimum atomic E-state index is -0.763. The van der Waals surface area contributed by atoms with Gasteiger partial charge in [0, 0.05) is 11.4 Å². The molecular weight excluding hydrogens is 331 g/mol. The Labute approximate surface area is 133 Å². The number of carbonyl (C=O) groups is 2. The summed E-state index contributed by atoms with van der Waals surface area (Å²) in [5.74, 6) is -2.66. The van der Waals surface area contributed by atoms with Crippen molar-refractivity contribution in [2.24, 2.45) is 0 Å². The summed E-state index contributed by atoms with van der Waals surface area (Å²) in [6.45, 7) is 0. The van der Waals surface area contributed by atoms with E-state index in [9.17, 15) is 19.8 Å². The van der Waals surface area contributed by atoms with Crippen LogP contribution in [0.3, 0.4) is 0 Å². The maximum Gasteiger partial charge on any atom is 0.200 e. The van der Waals surface area contributed by atoms with Crippen LogP contribution in [0, 0.1) is 0 Å². The molecule has 0 aliphatic heterocycles. The molecule has 6 nitrogen and oxygen atoms in total. The number of ketones is 2. The fraction of sp³-hybridized carbons (Fsp3) is 0. The van der Waals surface area contributed by atoms with Crippen molar-refractivity contribution in [3.8, 4) is 11.5 Å². The molecule has 2 aromatic rings. The van der Waals surface area contributed by atoms with Gasteiger partial charge in [-0.05, 0) is 12.1 Å². The molecule has 0 amide bonds. The minimum absolute atomic E-state index is 0.0975. The number of aromatic hydroxyl groups is 2. The molecule has 0 aromatic heterocycles. The molecule has 0 spiro atoms. The van der Waals surface area contributed by atoms with Gasteiger partial charge in [0.1, 0.15) is 11.5 Å². The van der Waals surface area contributed by atoms with Crippen LogP contribution >= 0.6 is 23.2 Å². The van der Waals surface area contributed by atoms with Gasteiger partial charge in [0.2, 0.25) is 11.6 Å². The van der Waals surface area contributed by atoms with E-state index in [1.807, 2.05) is 0 Å². The zero-order valence-electron chi connectivity index (χ0n) is 10.8. The lowest BCUT2D eigenvalue weighted by Gasteiger charge is -2.22. The van der Waals surface area contributed by atoms with Gasteiger partial charge in [-0.25, -0.2) is 0 Å². The van der Waals surface area contributed by atoms with Crippen LogP contribution < -0.4 is 11.5 Å². The first kappa shape index (κ1) is 14.5. The molecule has 0 radical (unpaired) electrons. The summed E-state index contributed by atoms with van der Waals surface area (Å²) >= 11 is 11.6. The van der Waals surface area contributed by atoms with Gasteiger partial charge in [-0.1, -0.05) is 23.2 Å². The smallest absolute Gasteiger partial charge is 0.200 e. The van der Waals surface area contributed by atoms with Gasteiger partial charge in [0.25, 0.3) is 0 Å². The van der Waals surface area contributed by atoms with Crippen LogP contribution in [0.25, 0.3) is 0 Å². The van der Waals surface area contributed by atoms with E-state index in [1.54, 1.807) is 0 Å². The third-order valence-corrected chi connectivity index (χ3v) is 4.05. The summed E-state index contributed by atoms with van der Waals surface area (Å²) in [4.78, 5) is 25.2. The van der Waals surface area contributed by atoms with E-state index in [2.05, 4.69) is 0 Å². The molecule has 0 saturated heterocycles. The average molecular weight is 339 g/mol. The fourth-order valence-electron chi connectivity index (χ4n) is 2.50. The quantitative estimate of drug-likeness (QED) is 0.368. The van der Waals surface area contributed by atoms with E-state index in [4.69, 9.17) is 34.7 Å². The summed E-state index contributed by atoms with van der Waals surface area (Å²) in [7, 11) is 0. The molecule has 0 fully saturated rings. The zero-order valence-corrected chi connectivity index (χ0v) is 12.3. The van der Waals surface area contributed by atoms with E-state index in [0.29, 0.717) is 0 Å².